The van der Waals surface area contributed by atoms with Gasteiger partial charge in [0.1, 0.15) is 0 Å². The molecule has 0 aliphatic carbocycles. The third kappa shape index (κ3) is 12.4. The summed E-state index contributed by atoms with van der Waals surface area (Å²) in [4.78, 5) is 7.16. The van der Waals surface area contributed by atoms with E-state index >= 15 is 0 Å². The maximum Gasteiger partial charge on any atom is 0.314 e. The summed E-state index contributed by atoms with van der Waals surface area (Å²) in [6.07, 6.45) is -3.41. The predicted molar refractivity (Wildman–Crippen MR) is 274 cm³/mol. The van der Waals surface area contributed by atoms with Gasteiger partial charge in [0.15, 0.2) is 0 Å². The Labute approximate surface area is 437 Å². The van der Waals surface area contributed by atoms with Crippen LogP contribution in [0.5, 0.6) is 0 Å². The van der Waals surface area contributed by atoms with Crippen LogP contribution in [0.2, 0.25) is 10.0 Å². The molecule has 0 atom stereocenters. The molecule has 24 heteroatoms. The van der Waals surface area contributed by atoms with Crippen molar-refractivity contribution in [3.8, 4) is 22.9 Å². The van der Waals surface area contributed by atoms with Gasteiger partial charge in [-0.15, -0.1) is 20.4 Å². The van der Waals surface area contributed by atoms with Gasteiger partial charge >= 0.3 is 12.9 Å². The molecular formula is C50H56Cl2F4N10O6S2. The minimum atomic E-state index is -3.70. The number of benzene rings is 4. The van der Waals surface area contributed by atoms with Crippen LogP contribution < -0.4 is 13.9 Å². The van der Waals surface area contributed by atoms with E-state index in [1.807, 2.05) is 0 Å². The van der Waals surface area contributed by atoms with Crippen molar-refractivity contribution in [2.24, 2.45) is 0 Å². The SMILES string of the molecule is CCN1CC(N2CCC(S(=O)(=O)N(Cc3ccc(-c4nnc(C(F)F)o4)cc3)c3cccc(Cl)c3)CC2)C1.O=S(=O)(C1CCN(C2CNC2)CC1)N(Cc1ccc(-c2nnc(C(F)F)o2)cc1)c1cccc(Cl)c1. The predicted octanol–water partition coefficient (Wildman–Crippen LogP) is 8.93. The van der Waals surface area contributed by atoms with Crippen LogP contribution in [0.25, 0.3) is 22.9 Å². The summed E-state index contributed by atoms with van der Waals surface area (Å²) in [5.74, 6) is -1.53. The minimum Gasteiger partial charge on any atom is -0.415 e. The lowest BCUT2D eigenvalue weighted by molar-refractivity contribution is 0.0275. The van der Waals surface area contributed by atoms with E-state index in [1.165, 1.54) is 8.61 Å². The molecule has 2 aromatic heterocycles. The van der Waals surface area contributed by atoms with Gasteiger partial charge in [-0.25, -0.2) is 16.8 Å². The maximum absolute atomic E-state index is 14.0. The number of nitrogens with zero attached hydrogens (tertiary/aromatic N) is 9. The molecule has 4 fully saturated rings. The van der Waals surface area contributed by atoms with Crippen molar-refractivity contribution in [2.45, 2.75) is 81.1 Å². The number of aromatic nitrogens is 4. The molecule has 4 saturated heterocycles. The molecule has 0 amide bonds. The van der Waals surface area contributed by atoms with Crippen LogP contribution in [0.15, 0.2) is 106 Å². The zero-order valence-corrected chi connectivity index (χ0v) is 43.5. The van der Waals surface area contributed by atoms with Crippen molar-refractivity contribution in [1.82, 2.24) is 40.4 Å². The molecule has 0 saturated carbocycles. The van der Waals surface area contributed by atoms with Gasteiger partial charge < -0.3 is 19.1 Å². The first-order valence-corrected chi connectivity index (χ1v) is 28.2. The number of halogens is 6. The number of anilines is 2. The van der Waals surface area contributed by atoms with Crippen LogP contribution in [-0.4, -0.2) is 133 Å². The second-order valence-corrected chi connectivity index (χ2v) is 23.9. The number of hydrogen-bond donors (Lipinski definition) is 1. The lowest BCUT2D eigenvalue weighted by Crippen LogP contribution is -2.61. The standard InChI is InChI=1S/C26H30ClF2N5O3S.C24H26ClF2N5O3S/c1-2-32-16-22(17-32)33-12-10-23(11-13-33)38(35,36)34(21-5-3-4-20(27)14-21)15-18-6-8-19(9-7-18)25-30-31-26(37-25)24(28)29;25-18-2-1-3-19(12-18)32(36(33,34)21-8-10-31(11-9-21)20-13-28-14-20)15-16-4-6-17(7-5-16)23-29-30-24(35-23)22(26)27/h3-9,14,22-24H,2,10-13,15-17H2,1H3;1-7,12,20-22,28H,8-11,13-15H2. The number of piperidine rings is 2. The molecule has 0 spiro atoms. The van der Waals surface area contributed by atoms with Gasteiger partial charge in [-0.05, 0) is 130 Å². The molecule has 0 bridgehead atoms. The van der Waals surface area contributed by atoms with E-state index < -0.39 is 55.2 Å². The van der Waals surface area contributed by atoms with E-state index in [4.69, 9.17) is 32.0 Å². The number of sulfonamides is 2. The monoisotopic (exact) mass is 1100 g/mol. The maximum atomic E-state index is 14.0. The van der Waals surface area contributed by atoms with E-state index in [2.05, 4.69) is 47.3 Å². The molecule has 74 heavy (non-hydrogen) atoms. The summed E-state index contributed by atoms with van der Waals surface area (Å²) in [7, 11) is -7.39. The van der Waals surface area contributed by atoms with Crippen molar-refractivity contribution < 1.29 is 43.2 Å². The Balaban J connectivity index is 0.000000182. The quantitative estimate of drug-likeness (QED) is 0.0858. The normalized spacial score (nSPS) is 18.0. The summed E-state index contributed by atoms with van der Waals surface area (Å²) in [5.41, 5.74) is 3.37. The molecule has 396 valence electrons. The Morgan fingerprint density at radius 3 is 1.35 bits per heavy atom. The molecular weight excluding hydrogens is 1050 g/mol. The zero-order chi connectivity index (χ0) is 52.1. The molecule has 16 nitrogen and oxygen atoms in total. The second kappa shape index (κ2) is 23.4. The van der Waals surface area contributed by atoms with E-state index in [9.17, 15) is 34.4 Å². The Morgan fingerprint density at radius 1 is 0.608 bits per heavy atom. The van der Waals surface area contributed by atoms with Crippen LogP contribution in [-0.2, 0) is 33.1 Å². The number of likely N-dealkylation sites (N-methyl/N-ethyl adjacent to an activating group) is 1. The molecule has 4 aliphatic heterocycles. The first-order chi connectivity index (χ1) is 35.5. The first kappa shape index (κ1) is 53.6. The molecule has 6 heterocycles. The zero-order valence-electron chi connectivity index (χ0n) is 40.4. The van der Waals surface area contributed by atoms with Crippen LogP contribution in [0.4, 0.5) is 28.9 Å². The molecule has 4 aliphatic rings. The smallest absolute Gasteiger partial charge is 0.314 e. The molecule has 6 aromatic rings. The van der Waals surface area contributed by atoms with Crippen LogP contribution in [0.1, 0.15) is 68.4 Å². The van der Waals surface area contributed by atoms with Gasteiger partial charge in [0.25, 0.3) is 11.8 Å². The van der Waals surface area contributed by atoms with Gasteiger partial charge in [-0.3, -0.25) is 18.4 Å². The highest BCUT2D eigenvalue weighted by Gasteiger charge is 2.40. The van der Waals surface area contributed by atoms with Gasteiger partial charge in [0.05, 0.1) is 35.0 Å². The number of likely N-dealkylation sites (tertiary alicyclic amines) is 3. The van der Waals surface area contributed by atoms with Gasteiger partial charge in [-0.2, -0.15) is 17.6 Å². The minimum absolute atomic E-state index is 0.0218. The van der Waals surface area contributed by atoms with Crippen molar-refractivity contribution >= 4 is 54.6 Å². The Kier molecular flexibility index (Phi) is 16.9. The fourth-order valence-corrected chi connectivity index (χ4v) is 13.8. The first-order valence-electron chi connectivity index (χ1n) is 24.4. The van der Waals surface area contributed by atoms with Crippen molar-refractivity contribution in [1.29, 1.82) is 0 Å². The third-order valence-electron chi connectivity index (χ3n) is 14.1. The Bertz CT molecular complexity index is 3040. The average Bonchev–Trinajstić information content (AvgIpc) is 4.08. The van der Waals surface area contributed by atoms with Crippen LogP contribution >= 0.6 is 23.2 Å². The fourth-order valence-electron chi connectivity index (χ4n) is 9.64. The lowest BCUT2D eigenvalue weighted by Gasteiger charge is -2.47. The van der Waals surface area contributed by atoms with Crippen molar-refractivity contribution in [2.75, 3.05) is 67.5 Å². The average molecular weight is 1100 g/mol. The highest BCUT2D eigenvalue weighted by molar-refractivity contribution is 7.93. The van der Waals surface area contributed by atoms with Gasteiger partial charge in [0, 0.05) is 59.4 Å². The molecule has 1 N–H and O–H groups in total. The van der Waals surface area contributed by atoms with E-state index in [-0.39, 0.29) is 24.9 Å². The van der Waals surface area contributed by atoms with Crippen LogP contribution in [0, 0.1) is 0 Å². The summed E-state index contributed by atoms with van der Waals surface area (Å²) >= 11 is 12.4. The largest absolute Gasteiger partial charge is 0.415 e. The van der Waals surface area contributed by atoms with Crippen molar-refractivity contribution in [3.63, 3.8) is 0 Å². The molecule has 10 rings (SSSR count). The molecule has 4 aromatic carbocycles. The van der Waals surface area contributed by atoms with Gasteiger partial charge in [-0.1, -0.05) is 66.5 Å². The Hall–Kier alpha value is -5.20. The summed E-state index contributed by atoms with van der Waals surface area (Å²) in [6, 6.07) is 28.1. The Morgan fingerprint density at radius 2 is 1.01 bits per heavy atom. The molecule has 0 unspecified atom stereocenters. The van der Waals surface area contributed by atoms with Gasteiger partial charge in [0.2, 0.25) is 31.8 Å². The number of nitrogens with one attached hydrogen (secondary N) is 1. The third-order valence-corrected chi connectivity index (χ3v) is 19.1. The topological polar surface area (TPSA) is 174 Å². The molecule has 0 radical (unpaired) electrons. The highest BCUT2D eigenvalue weighted by atomic mass is 35.5. The van der Waals surface area contributed by atoms with Crippen LogP contribution in [0.3, 0.4) is 0 Å². The fraction of sp³-hybridized carbons (Fsp3) is 0.440. The summed E-state index contributed by atoms with van der Waals surface area (Å²) < 4.78 is 120. The number of alkyl halides is 4. The summed E-state index contributed by atoms with van der Waals surface area (Å²) in [5, 5.41) is 17.2. The second-order valence-electron chi connectivity index (χ2n) is 18.7. The van der Waals surface area contributed by atoms with E-state index in [0.717, 1.165) is 64.5 Å². The highest BCUT2D eigenvalue weighted by Crippen LogP contribution is 2.34. The van der Waals surface area contributed by atoms with E-state index in [1.54, 1.807) is 97.1 Å². The van der Waals surface area contributed by atoms with Crippen molar-refractivity contribution in [3.05, 3.63) is 130 Å². The number of rotatable bonds is 17. The van der Waals surface area contributed by atoms with E-state index in [0.29, 0.717) is 75.9 Å². The lowest BCUT2D eigenvalue weighted by atomic mass is 10.0. The number of hydrogen-bond acceptors (Lipinski definition) is 14. The summed E-state index contributed by atoms with van der Waals surface area (Å²) in [6.45, 7) is 10.4.